The third-order valence-electron chi connectivity index (χ3n) is 2.45. The van der Waals surface area contributed by atoms with Gasteiger partial charge in [-0.1, -0.05) is 15.9 Å². The van der Waals surface area contributed by atoms with Gasteiger partial charge in [-0.25, -0.2) is 0 Å². The van der Waals surface area contributed by atoms with E-state index < -0.39 is 0 Å². The largest absolute Gasteiger partial charge is 0.304 e. The highest BCUT2D eigenvalue weighted by molar-refractivity contribution is 9.09. The fourth-order valence-corrected chi connectivity index (χ4v) is 1.90. The van der Waals surface area contributed by atoms with Crippen LogP contribution in [0.1, 0.15) is 12.8 Å². The van der Waals surface area contributed by atoms with E-state index in [1.807, 2.05) is 0 Å². The topological polar surface area (TPSA) is 6.48 Å². The van der Waals surface area contributed by atoms with Crippen molar-refractivity contribution in [1.29, 1.82) is 0 Å². The predicted molar refractivity (Wildman–Crippen MR) is 67.3 cm³/mol. The molecule has 0 spiro atoms. The van der Waals surface area contributed by atoms with E-state index in [1.54, 1.807) is 0 Å². The minimum absolute atomic E-state index is 0. The molecule has 0 radical (unpaired) electrons. The smallest absolute Gasteiger partial charge is 0.0110 e. The van der Waals surface area contributed by atoms with Gasteiger partial charge in [0.1, 0.15) is 0 Å². The molecule has 0 amide bonds. The van der Waals surface area contributed by atoms with Crippen molar-refractivity contribution in [2.75, 3.05) is 45.1 Å². The average Bonchev–Trinajstić information content (AvgIpc) is 2.09. The second kappa shape index (κ2) is 8.21. The van der Waals surface area contributed by atoms with Gasteiger partial charge in [-0.15, -0.1) is 17.0 Å². The lowest BCUT2D eigenvalue weighted by atomic mass is 10.3. The maximum atomic E-state index is 3.46. The molecular formula is C9H20Br2N2. The van der Waals surface area contributed by atoms with Crippen LogP contribution < -0.4 is 0 Å². The molecule has 0 aromatic rings. The first-order chi connectivity index (χ1) is 5.83. The van der Waals surface area contributed by atoms with Crippen molar-refractivity contribution < 1.29 is 0 Å². The average molecular weight is 316 g/mol. The highest BCUT2D eigenvalue weighted by atomic mass is 79.9. The molecule has 80 valence electrons. The van der Waals surface area contributed by atoms with E-state index in [2.05, 4.69) is 32.8 Å². The van der Waals surface area contributed by atoms with E-state index >= 15 is 0 Å². The van der Waals surface area contributed by atoms with Gasteiger partial charge in [0, 0.05) is 31.5 Å². The van der Waals surface area contributed by atoms with E-state index in [0.29, 0.717) is 0 Å². The molecule has 1 fully saturated rings. The lowest BCUT2D eigenvalue weighted by Crippen LogP contribution is -2.44. The number of rotatable bonds is 4. The highest BCUT2D eigenvalue weighted by Gasteiger charge is 2.12. The van der Waals surface area contributed by atoms with Crippen LogP contribution in [0.3, 0.4) is 0 Å². The molecule has 0 saturated carbocycles. The van der Waals surface area contributed by atoms with Gasteiger partial charge in [0.05, 0.1) is 0 Å². The molecule has 0 unspecified atom stereocenters. The molecule has 13 heavy (non-hydrogen) atoms. The van der Waals surface area contributed by atoms with E-state index in [-0.39, 0.29) is 17.0 Å². The Hall–Kier alpha value is 0.880. The first-order valence-electron chi connectivity index (χ1n) is 4.80. The number of hydrogen-bond donors (Lipinski definition) is 0. The number of alkyl halides is 1. The monoisotopic (exact) mass is 314 g/mol. The minimum atomic E-state index is 0. The summed E-state index contributed by atoms with van der Waals surface area (Å²) in [6.45, 7) is 6.31. The number of unbranched alkanes of at least 4 members (excludes halogenated alkanes) is 1. The van der Waals surface area contributed by atoms with Crippen molar-refractivity contribution in [2.45, 2.75) is 12.8 Å². The quantitative estimate of drug-likeness (QED) is 0.578. The van der Waals surface area contributed by atoms with Crippen LogP contribution in [0, 0.1) is 0 Å². The van der Waals surface area contributed by atoms with Gasteiger partial charge in [-0.05, 0) is 26.4 Å². The van der Waals surface area contributed by atoms with E-state index in [4.69, 9.17) is 0 Å². The standard InChI is InChI=1S/C9H19BrN2.BrH/c1-11-6-8-12(9-7-11)5-3-2-4-10;/h2-9H2,1H3;1H. The van der Waals surface area contributed by atoms with Crippen LogP contribution in [0.4, 0.5) is 0 Å². The normalized spacial score (nSPS) is 19.8. The number of nitrogens with zero attached hydrogens (tertiary/aromatic N) is 2. The van der Waals surface area contributed by atoms with Gasteiger partial charge in [-0.2, -0.15) is 0 Å². The Bertz CT molecular complexity index is 114. The minimum Gasteiger partial charge on any atom is -0.304 e. The molecule has 0 bridgehead atoms. The molecule has 0 aromatic carbocycles. The second-order valence-electron chi connectivity index (χ2n) is 3.54. The van der Waals surface area contributed by atoms with Crippen LogP contribution in [0.25, 0.3) is 0 Å². The van der Waals surface area contributed by atoms with Crippen molar-refractivity contribution in [2.24, 2.45) is 0 Å². The van der Waals surface area contributed by atoms with Gasteiger partial charge in [0.15, 0.2) is 0 Å². The van der Waals surface area contributed by atoms with Gasteiger partial charge in [0.25, 0.3) is 0 Å². The Kier molecular flexibility index (Phi) is 8.77. The zero-order valence-corrected chi connectivity index (χ0v) is 11.6. The fourth-order valence-electron chi connectivity index (χ4n) is 1.50. The molecule has 1 rings (SSSR count). The zero-order chi connectivity index (χ0) is 8.81. The van der Waals surface area contributed by atoms with Crippen LogP contribution in [0.15, 0.2) is 0 Å². The summed E-state index contributed by atoms with van der Waals surface area (Å²) in [5.74, 6) is 0. The predicted octanol–water partition coefficient (Wildman–Crippen LogP) is 1.99. The molecule has 2 nitrogen and oxygen atoms in total. The molecule has 1 heterocycles. The molecule has 0 aromatic heterocycles. The maximum Gasteiger partial charge on any atom is 0.0110 e. The Labute approximate surface area is 101 Å². The van der Waals surface area contributed by atoms with E-state index in [9.17, 15) is 0 Å². The van der Waals surface area contributed by atoms with Crippen LogP contribution >= 0.6 is 32.9 Å². The summed E-state index contributed by atoms with van der Waals surface area (Å²) in [6, 6.07) is 0. The van der Waals surface area contributed by atoms with Crippen molar-refractivity contribution in [3.05, 3.63) is 0 Å². The van der Waals surface area contributed by atoms with Crippen molar-refractivity contribution >= 4 is 32.9 Å². The molecule has 1 aliphatic rings. The third-order valence-corrected chi connectivity index (χ3v) is 3.01. The van der Waals surface area contributed by atoms with E-state index in [1.165, 1.54) is 45.6 Å². The van der Waals surface area contributed by atoms with Crippen LogP contribution in [0.5, 0.6) is 0 Å². The van der Waals surface area contributed by atoms with Crippen LogP contribution in [0.2, 0.25) is 0 Å². The molecule has 1 aliphatic heterocycles. The fraction of sp³-hybridized carbons (Fsp3) is 1.00. The number of piperazine rings is 1. The number of halogens is 2. The molecule has 4 heteroatoms. The summed E-state index contributed by atoms with van der Waals surface area (Å²) in [5.41, 5.74) is 0. The molecular weight excluding hydrogens is 296 g/mol. The van der Waals surface area contributed by atoms with Gasteiger partial charge < -0.3 is 9.80 Å². The molecule has 0 aliphatic carbocycles. The van der Waals surface area contributed by atoms with Crippen LogP contribution in [-0.4, -0.2) is 54.9 Å². The Morgan fingerprint density at radius 1 is 1.08 bits per heavy atom. The number of likely N-dealkylation sites (N-methyl/N-ethyl adjacent to an activating group) is 1. The van der Waals surface area contributed by atoms with Crippen molar-refractivity contribution in [3.63, 3.8) is 0 Å². The van der Waals surface area contributed by atoms with Gasteiger partial charge in [-0.3, -0.25) is 0 Å². The lowest BCUT2D eigenvalue weighted by molar-refractivity contribution is 0.153. The summed E-state index contributed by atoms with van der Waals surface area (Å²) in [5, 5.41) is 1.15. The van der Waals surface area contributed by atoms with Gasteiger partial charge in [0.2, 0.25) is 0 Å². The SMILES string of the molecule is Br.CN1CCN(CCCCBr)CC1. The molecule has 0 N–H and O–H groups in total. The first kappa shape index (κ1) is 13.9. The summed E-state index contributed by atoms with van der Waals surface area (Å²) in [6.07, 6.45) is 2.65. The molecule has 0 atom stereocenters. The zero-order valence-electron chi connectivity index (χ0n) is 8.34. The van der Waals surface area contributed by atoms with E-state index in [0.717, 1.165) is 5.33 Å². The number of hydrogen-bond acceptors (Lipinski definition) is 2. The molecule has 1 saturated heterocycles. The Morgan fingerprint density at radius 3 is 2.23 bits per heavy atom. The van der Waals surface area contributed by atoms with Gasteiger partial charge >= 0.3 is 0 Å². The van der Waals surface area contributed by atoms with Crippen molar-refractivity contribution in [1.82, 2.24) is 9.80 Å². The summed E-state index contributed by atoms with van der Waals surface area (Å²) in [4.78, 5) is 4.98. The Balaban J connectivity index is 0.00000144. The third kappa shape index (κ3) is 6.05. The summed E-state index contributed by atoms with van der Waals surface area (Å²) < 4.78 is 0. The summed E-state index contributed by atoms with van der Waals surface area (Å²) >= 11 is 3.46. The highest BCUT2D eigenvalue weighted by Crippen LogP contribution is 2.02. The summed E-state index contributed by atoms with van der Waals surface area (Å²) in [7, 11) is 2.20. The van der Waals surface area contributed by atoms with Crippen molar-refractivity contribution in [3.8, 4) is 0 Å². The Morgan fingerprint density at radius 2 is 1.69 bits per heavy atom. The van der Waals surface area contributed by atoms with Crippen LogP contribution in [-0.2, 0) is 0 Å². The second-order valence-corrected chi connectivity index (χ2v) is 4.33. The first-order valence-corrected chi connectivity index (χ1v) is 5.92. The maximum absolute atomic E-state index is 3.46. The lowest BCUT2D eigenvalue weighted by Gasteiger charge is -2.32.